The van der Waals surface area contributed by atoms with Crippen molar-refractivity contribution in [2.75, 3.05) is 59.1 Å². The molecule has 2 atom stereocenters. The van der Waals surface area contributed by atoms with Gasteiger partial charge in [0.1, 0.15) is 12.6 Å². The maximum absolute atomic E-state index is 11.7. The maximum Gasteiger partial charge on any atom is 0.219 e. The Morgan fingerprint density at radius 2 is 1.97 bits per heavy atom. The Hall–Kier alpha value is -1.74. The van der Waals surface area contributed by atoms with Crippen molar-refractivity contribution in [2.45, 2.75) is 51.0 Å². The van der Waals surface area contributed by atoms with Crippen molar-refractivity contribution < 1.29 is 14.4 Å². The van der Waals surface area contributed by atoms with E-state index in [0.717, 1.165) is 31.4 Å². The Labute approximate surface area is 215 Å². The van der Waals surface area contributed by atoms with E-state index in [2.05, 4.69) is 27.7 Å². The molecule has 2 N–H and O–H groups in total. The van der Waals surface area contributed by atoms with E-state index >= 15 is 0 Å². The first-order valence-corrected chi connectivity index (χ1v) is 14.0. The van der Waals surface area contributed by atoms with Crippen molar-refractivity contribution in [2.24, 2.45) is 5.92 Å². The van der Waals surface area contributed by atoms with E-state index in [9.17, 15) is 14.4 Å². The van der Waals surface area contributed by atoms with Crippen LogP contribution in [0.25, 0.3) is 0 Å². The maximum atomic E-state index is 11.7. The molecule has 7 nitrogen and oxygen atoms in total. The van der Waals surface area contributed by atoms with Crippen LogP contribution in [0.4, 0.5) is 0 Å². The predicted octanol–water partition coefficient (Wildman–Crippen LogP) is 2.80. The van der Waals surface area contributed by atoms with Gasteiger partial charge >= 0.3 is 0 Å². The number of amides is 1. The van der Waals surface area contributed by atoms with E-state index in [-0.39, 0.29) is 17.9 Å². The molecule has 0 aromatic carbocycles. The second-order valence-corrected chi connectivity index (χ2v) is 10.6. The number of aldehydes is 2. The third-order valence-electron chi connectivity index (χ3n) is 6.73. The number of likely N-dealkylation sites (N-methyl/N-ethyl adjacent to an activating group) is 1. The largest absolute Gasteiger partial charge is 0.359 e. The molecule has 0 spiro atoms. The summed E-state index contributed by atoms with van der Waals surface area (Å²) < 4.78 is 0. The van der Waals surface area contributed by atoms with Gasteiger partial charge in [0, 0.05) is 62.6 Å². The molecule has 0 aromatic heterocycles. The fraction of sp³-hybridized carbons (Fsp3) is 0.667. The van der Waals surface area contributed by atoms with Crippen molar-refractivity contribution in [1.82, 2.24) is 20.4 Å². The van der Waals surface area contributed by atoms with Crippen LogP contribution in [0.3, 0.4) is 0 Å². The van der Waals surface area contributed by atoms with E-state index in [4.69, 9.17) is 0 Å². The molecule has 2 aliphatic rings. The minimum absolute atomic E-state index is 0.0736. The molecule has 0 aromatic rings. The Bertz CT molecular complexity index is 747. The zero-order valence-electron chi connectivity index (χ0n) is 21.5. The first-order chi connectivity index (χ1) is 17.1. The number of carbonyl (C=O) groups excluding carboxylic acids is 3. The van der Waals surface area contributed by atoms with Gasteiger partial charge in [0.05, 0.1) is 6.04 Å². The summed E-state index contributed by atoms with van der Waals surface area (Å²) in [5, 5.41) is 6.00. The number of hydrogen-bond acceptors (Lipinski definition) is 7. The first-order valence-electron chi connectivity index (χ1n) is 13.0. The molecule has 1 aliphatic carbocycles. The standard InChI is InChI=1S/C27H44N4O3S/c1-28-27(34)12-11-25(22-33)30(2)20-24-19-26(10-8-9-23(24)21-32)35-18-7-5-3-4-6-15-31-16-13-29-14-17-31/h8-10,19,21-22,24-25,29H,3-7,11-18,20H2,1-2H3,(H,28,34). The summed E-state index contributed by atoms with van der Waals surface area (Å²) in [6.45, 7) is 6.40. The van der Waals surface area contributed by atoms with Crippen molar-refractivity contribution >= 4 is 30.2 Å². The second kappa shape index (κ2) is 17.7. The lowest BCUT2D eigenvalue weighted by atomic mass is 9.98. The highest BCUT2D eigenvalue weighted by Gasteiger charge is 2.21. The lowest BCUT2D eigenvalue weighted by Gasteiger charge is -2.27. The van der Waals surface area contributed by atoms with Crippen LogP contribution in [-0.2, 0) is 14.4 Å². The third kappa shape index (κ3) is 11.7. The molecule has 2 rings (SSSR count). The van der Waals surface area contributed by atoms with Gasteiger partial charge < -0.3 is 20.3 Å². The molecule has 1 fully saturated rings. The van der Waals surface area contributed by atoms with Crippen LogP contribution in [0.5, 0.6) is 0 Å². The van der Waals surface area contributed by atoms with Crippen molar-refractivity contribution in [3.63, 3.8) is 0 Å². The summed E-state index contributed by atoms with van der Waals surface area (Å²) in [5.41, 5.74) is 0.712. The number of carbonyl (C=O) groups is 3. The Balaban J connectivity index is 1.74. The quantitative estimate of drug-likeness (QED) is 0.233. The molecule has 0 radical (unpaired) electrons. The monoisotopic (exact) mass is 504 g/mol. The van der Waals surface area contributed by atoms with Crippen LogP contribution < -0.4 is 10.6 Å². The van der Waals surface area contributed by atoms with E-state index in [0.29, 0.717) is 25.0 Å². The molecule has 196 valence electrons. The fourth-order valence-electron chi connectivity index (χ4n) is 4.44. The Kier molecular flexibility index (Phi) is 14.9. The summed E-state index contributed by atoms with van der Waals surface area (Å²) >= 11 is 1.84. The number of nitrogens with one attached hydrogen (secondary N) is 2. The zero-order chi connectivity index (χ0) is 25.3. The molecule has 8 heteroatoms. The minimum Gasteiger partial charge on any atom is -0.359 e. The minimum atomic E-state index is -0.354. The normalized spacial score (nSPS) is 19.6. The van der Waals surface area contributed by atoms with Crippen molar-refractivity contribution in [1.29, 1.82) is 0 Å². The van der Waals surface area contributed by atoms with E-state index < -0.39 is 0 Å². The highest BCUT2D eigenvalue weighted by Crippen LogP contribution is 2.27. The number of hydrogen-bond donors (Lipinski definition) is 2. The first kappa shape index (κ1) is 29.5. The number of piperazine rings is 1. The molecule has 0 bridgehead atoms. The van der Waals surface area contributed by atoms with Gasteiger partial charge in [-0.05, 0) is 44.7 Å². The van der Waals surface area contributed by atoms with Gasteiger partial charge in [-0.2, -0.15) is 0 Å². The molecule has 2 unspecified atom stereocenters. The highest BCUT2D eigenvalue weighted by molar-refractivity contribution is 8.03. The fourth-order valence-corrected chi connectivity index (χ4v) is 5.46. The SMILES string of the molecule is CNC(=O)CCC(C=O)N(C)CC1C=C(SCCCCCCCN2CCNCC2)C=CC=C1C=O. The molecular formula is C27H44N4O3S. The van der Waals surface area contributed by atoms with Crippen LogP contribution >= 0.6 is 11.8 Å². The number of nitrogens with zero attached hydrogens (tertiary/aromatic N) is 2. The highest BCUT2D eigenvalue weighted by atomic mass is 32.2. The molecule has 1 saturated heterocycles. The van der Waals surface area contributed by atoms with E-state index in [1.54, 1.807) is 7.05 Å². The average molecular weight is 505 g/mol. The summed E-state index contributed by atoms with van der Waals surface area (Å²) in [7, 11) is 3.48. The predicted molar refractivity (Wildman–Crippen MR) is 145 cm³/mol. The average Bonchev–Trinajstić information content (AvgIpc) is 3.07. The summed E-state index contributed by atoms with van der Waals surface area (Å²) in [4.78, 5) is 40.6. The molecule has 0 saturated carbocycles. The zero-order valence-corrected chi connectivity index (χ0v) is 22.4. The lowest BCUT2D eigenvalue weighted by Crippen LogP contribution is -2.43. The van der Waals surface area contributed by atoms with Crippen molar-refractivity contribution in [3.8, 4) is 0 Å². The number of thioether (sulfide) groups is 1. The van der Waals surface area contributed by atoms with E-state index in [1.807, 2.05) is 35.9 Å². The Morgan fingerprint density at radius 1 is 1.23 bits per heavy atom. The number of unbranched alkanes of at least 4 members (excludes halogenated alkanes) is 4. The van der Waals surface area contributed by atoms with Crippen LogP contribution in [0.2, 0.25) is 0 Å². The van der Waals surface area contributed by atoms with Gasteiger partial charge in [0.25, 0.3) is 0 Å². The number of allylic oxidation sites excluding steroid dienone is 3. The third-order valence-corrected chi connectivity index (χ3v) is 7.83. The van der Waals surface area contributed by atoms with Gasteiger partial charge in [-0.1, -0.05) is 37.5 Å². The molecule has 35 heavy (non-hydrogen) atoms. The molecular weight excluding hydrogens is 460 g/mol. The van der Waals surface area contributed by atoms with Gasteiger partial charge in [-0.3, -0.25) is 14.5 Å². The Morgan fingerprint density at radius 3 is 2.69 bits per heavy atom. The van der Waals surface area contributed by atoms with Gasteiger partial charge in [-0.15, -0.1) is 11.8 Å². The molecule has 1 heterocycles. The van der Waals surface area contributed by atoms with Crippen LogP contribution in [-0.4, -0.2) is 93.4 Å². The summed E-state index contributed by atoms with van der Waals surface area (Å²) in [5.74, 6) is 0.911. The van der Waals surface area contributed by atoms with Gasteiger partial charge in [0.2, 0.25) is 5.91 Å². The summed E-state index contributed by atoms with van der Waals surface area (Å²) in [6.07, 6.45) is 16.9. The second-order valence-electron chi connectivity index (χ2n) is 9.38. The summed E-state index contributed by atoms with van der Waals surface area (Å²) in [6, 6.07) is -0.354. The smallest absolute Gasteiger partial charge is 0.219 e. The topological polar surface area (TPSA) is 81.8 Å². The van der Waals surface area contributed by atoms with E-state index in [1.165, 1.54) is 56.6 Å². The molecule has 1 aliphatic heterocycles. The van der Waals surface area contributed by atoms with Crippen LogP contribution in [0.15, 0.2) is 34.8 Å². The molecule has 1 amide bonds. The van der Waals surface area contributed by atoms with Crippen LogP contribution in [0.1, 0.15) is 44.9 Å². The van der Waals surface area contributed by atoms with Crippen LogP contribution in [0, 0.1) is 5.92 Å². The van der Waals surface area contributed by atoms with Gasteiger partial charge in [0.15, 0.2) is 0 Å². The van der Waals surface area contributed by atoms with Crippen molar-refractivity contribution in [3.05, 3.63) is 34.8 Å². The van der Waals surface area contributed by atoms with Gasteiger partial charge in [-0.25, -0.2) is 0 Å². The number of rotatable bonds is 17. The lowest BCUT2D eigenvalue weighted by molar-refractivity contribution is -0.121.